The van der Waals surface area contributed by atoms with E-state index in [-0.39, 0.29) is 30.5 Å². The van der Waals surface area contributed by atoms with E-state index >= 15 is 0 Å². The number of aryl methyl sites for hydroxylation is 1. The molecular weight excluding hydrogens is 322 g/mol. The largest absolute Gasteiger partial charge is 0.449 e. The quantitative estimate of drug-likeness (QED) is 0.836. The van der Waals surface area contributed by atoms with Crippen LogP contribution in [0.15, 0.2) is 34.0 Å². The summed E-state index contributed by atoms with van der Waals surface area (Å²) < 4.78 is 5.07. The summed E-state index contributed by atoms with van der Waals surface area (Å²) in [5.74, 6) is 0.319. The number of carbonyl (C=O) groups excluding carboxylic acids is 2. The summed E-state index contributed by atoms with van der Waals surface area (Å²) in [5.41, 5.74) is 6.63. The van der Waals surface area contributed by atoms with Crippen molar-refractivity contribution in [2.45, 2.75) is 32.2 Å². The summed E-state index contributed by atoms with van der Waals surface area (Å²) in [6.45, 7) is 3.49. The highest BCUT2D eigenvalue weighted by Gasteiger charge is 2.37. The Labute approximate surface area is 144 Å². The monoisotopic (exact) mass is 341 g/mol. The van der Waals surface area contributed by atoms with E-state index < -0.39 is 5.54 Å². The lowest BCUT2D eigenvalue weighted by molar-refractivity contribution is -0.128. The molecule has 0 saturated heterocycles. The molecule has 8 nitrogen and oxygen atoms in total. The van der Waals surface area contributed by atoms with Crippen LogP contribution in [0.1, 0.15) is 41.0 Å². The van der Waals surface area contributed by atoms with E-state index in [2.05, 4.69) is 15.0 Å². The number of ketones is 1. The van der Waals surface area contributed by atoms with Gasteiger partial charge >= 0.3 is 0 Å². The molecule has 2 N–H and O–H groups in total. The first-order valence-corrected chi connectivity index (χ1v) is 7.81. The standard InChI is InChI=1S/C17H19N5O3/c1-10-20-12(9-25-10)13(23)6-11-4-5-19-14(7-11)17(2)8-15(24)22(3)16(18)21-17/h4-5,7,9H,6,8H2,1-3H3,(H2,18,21). The SMILES string of the molecule is Cc1nc(C(=O)Cc2ccnc(C3(C)CC(=O)N(C)C(N)=N3)c2)co1. The number of hydrogen-bond acceptors (Lipinski definition) is 7. The molecule has 0 spiro atoms. The Bertz CT molecular complexity index is 873. The summed E-state index contributed by atoms with van der Waals surface area (Å²) >= 11 is 0. The van der Waals surface area contributed by atoms with E-state index in [1.165, 1.54) is 11.2 Å². The van der Waals surface area contributed by atoms with Gasteiger partial charge in [0.1, 0.15) is 17.5 Å². The highest BCUT2D eigenvalue weighted by atomic mass is 16.3. The van der Waals surface area contributed by atoms with Crippen molar-refractivity contribution >= 4 is 17.6 Å². The van der Waals surface area contributed by atoms with Gasteiger partial charge in [0.05, 0.1) is 12.1 Å². The molecule has 8 heteroatoms. The van der Waals surface area contributed by atoms with E-state index in [0.29, 0.717) is 17.3 Å². The molecular formula is C17H19N5O3. The predicted molar refractivity (Wildman–Crippen MR) is 89.9 cm³/mol. The van der Waals surface area contributed by atoms with Crippen LogP contribution in [-0.4, -0.2) is 39.6 Å². The Morgan fingerprint density at radius 1 is 1.48 bits per heavy atom. The van der Waals surface area contributed by atoms with Crippen LogP contribution in [0, 0.1) is 6.92 Å². The van der Waals surface area contributed by atoms with E-state index in [1.807, 2.05) is 0 Å². The number of oxazole rings is 1. The Morgan fingerprint density at radius 2 is 2.24 bits per heavy atom. The number of aliphatic imine (C=N–C) groups is 1. The zero-order valence-corrected chi connectivity index (χ0v) is 14.3. The number of nitrogens with two attached hydrogens (primary N) is 1. The van der Waals surface area contributed by atoms with Gasteiger partial charge in [-0.15, -0.1) is 0 Å². The summed E-state index contributed by atoms with van der Waals surface area (Å²) in [4.78, 5) is 38.5. The van der Waals surface area contributed by atoms with Crippen LogP contribution >= 0.6 is 0 Å². The maximum absolute atomic E-state index is 12.3. The molecule has 1 atom stereocenters. The van der Waals surface area contributed by atoms with Gasteiger partial charge in [-0.2, -0.15) is 0 Å². The van der Waals surface area contributed by atoms with Gasteiger partial charge in [0.15, 0.2) is 17.6 Å². The third kappa shape index (κ3) is 3.28. The minimum Gasteiger partial charge on any atom is -0.449 e. The van der Waals surface area contributed by atoms with Gasteiger partial charge in [-0.1, -0.05) is 0 Å². The molecule has 0 saturated carbocycles. The fourth-order valence-corrected chi connectivity index (χ4v) is 2.70. The zero-order chi connectivity index (χ0) is 18.2. The number of amides is 1. The topological polar surface area (TPSA) is 115 Å². The smallest absolute Gasteiger partial charge is 0.231 e. The summed E-state index contributed by atoms with van der Waals surface area (Å²) in [6.07, 6.45) is 3.27. The van der Waals surface area contributed by atoms with Crippen LogP contribution in [0.25, 0.3) is 0 Å². The summed E-state index contributed by atoms with van der Waals surface area (Å²) in [7, 11) is 1.59. The first-order chi connectivity index (χ1) is 11.8. The maximum atomic E-state index is 12.3. The van der Waals surface area contributed by atoms with Crippen LogP contribution in [0.3, 0.4) is 0 Å². The molecule has 1 amide bonds. The molecule has 0 aliphatic carbocycles. The Kier molecular flexibility index (Phi) is 4.12. The number of guanidine groups is 1. The Hall–Kier alpha value is -3.03. The normalized spacial score (nSPS) is 20.5. The van der Waals surface area contributed by atoms with Crippen molar-refractivity contribution in [3.63, 3.8) is 0 Å². The minimum absolute atomic E-state index is 0.128. The van der Waals surface area contributed by atoms with E-state index in [4.69, 9.17) is 10.2 Å². The van der Waals surface area contributed by atoms with Crippen molar-refractivity contribution in [2.75, 3.05) is 7.05 Å². The predicted octanol–water partition coefficient (Wildman–Crippen LogP) is 1.20. The third-order valence-corrected chi connectivity index (χ3v) is 4.22. The lowest BCUT2D eigenvalue weighted by Crippen LogP contribution is -2.47. The number of nitrogens with zero attached hydrogens (tertiary/aromatic N) is 4. The van der Waals surface area contributed by atoms with Crippen molar-refractivity contribution < 1.29 is 14.0 Å². The molecule has 25 heavy (non-hydrogen) atoms. The number of hydrogen-bond donors (Lipinski definition) is 1. The second kappa shape index (κ2) is 6.12. The molecule has 0 bridgehead atoms. The number of aromatic nitrogens is 2. The van der Waals surface area contributed by atoms with Crippen molar-refractivity contribution in [3.8, 4) is 0 Å². The molecule has 1 aliphatic heterocycles. The summed E-state index contributed by atoms with van der Waals surface area (Å²) in [5, 5.41) is 0. The number of Topliss-reactive ketones (excluding diaryl/α,β-unsaturated/α-hetero) is 1. The van der Waals surface area contributed by atoms with Gasteiger partial charge in [0, 0.05) is 26.6 Å². The maximum Gasteiger partial charge on any atom is 0.231 e. The molecule has 2 aromatic rings. The van der Waals surface area contributed by atoms with Gasteiger partial charge in [-0.3, -0.25) is 19.5 Å². The lowest BCUT2D eigenvalue weighted by Gasteiger charge is -2.32. The fourth-order valence-electron chi connectivity index (χ4n) is 2.70. The van der Waals surface area contributed by atoms with E-state index in [1.54, 1.807) is 39.2 Å². The van der Waals surface area contributed by atoms with Crippen LogP contribution in [0.4, 0.5) is 0 Å². The van der Waals surface area contributed by atoms with Crippen LogP contribution < -0.4 is 5.73 Å². The molecule has 0 radical (unpaired) electrons. The van der Waals surface area contributed by atoms with Crippen molar-refractivity contribution in [1.29, 1.82) is 0 Å². The van der Waals surface area contributed by atoms with Gasteiger partial charge in [-0.25, -0.2) is 9.98 Å². The average Bonchev–Trinajstić information content (AvgIpc) is 2.99. The zero-order valence-electron chi connectivity index (χ0n) is 14.3. The number of pyridine rings is 1. The lowest BCUT2D eigenvalue weighted by atomic mass is 9.90. The molecule has 1 unspecified atom stereocenters. The third-order valence-electron chi connectivity index (χ3n) is 4.22. The van der Waals surface area contributed by atoms with Gasteiger partial charge in [0.25, 0.3) is 0 Å². The van der Waals surface area contributed by atoms with Gasteiger partial charge < -0.3 is 10.2 Å². The second-order valence-corrected chi connectivity index (χ2v) is 6.27. The first kappa shape index (κ1) is 16.8. The van der Waals surface area contributed by atoms with Gasteiger partial charge in [-0.05, 0) is 24.6 Å². The molecule has 3 heterocycles. The molecule has 0 aromatic carbocycles. The van der Waals surface area contributed by atoms with Gasteiger partial charge in [0.2, 0.25) is 5.91 Å². The molecule has 0 fully saturated rings. The second-order valence-electron chi connectivity index (χ2n) is 6.27. The van der Waals surface area contributed by atoms with Crippen molar-refractivity contribution in [2.24, 2.45) is 10.7 Å². The molecule has 2 aromatic heterocycles. The minimum atomic E-state index is -0.850. The Morgan fingerprint density at radius 3 is 2.88 bits per heavy atom. The van der Waals surface area contributed by atoms with Crippen LogP contribution in [0.2, 0.25) is 0 Å². The van der Waals surface area contributed by atoms with E-state index in [9.17, 15) is 9.59 Å². The van der Waals surface area contributed by atoms with Crippen molar-refractivity contribution in [3.05, 3.63) is 47.4 Å². The van der Waals surface area contributed by atoms with Crippen LogP contribution in [-0.2, 0) is 16.8 Å². The highest BCUT2D eigenvalue weighted by Crippen LogP contribution is 2.31. The average molecular weight is 341 g/mol. The number of carbonyl (C=O) groups is 2. The van der Waals surface area contributed by atoms with Crippen molar-refractivity contribution in [1.82, 2.24) is 14.9 Å². The molecule has 1 aliphatic rings. The number of rotatable bonds is 4. The van der Waals surface area contributed by atoms with E-state index in [0.717, 1.165) is 5.56 Å². The summed E-state index contributed by atoms with van der Waals surface area (Å²) in [6, 6.07) is 3.53. The highest BCUT2D eigenvalue weighted by molar-refractivity contribution is 5.98. The molecule has 130 valence electrons. The van der Waals surface area contributed by atoms with Crippen LogP contribution in [0.5, 0.6) is 0 Å². The first-order valence-electron chi connectivity index (χ1n) is 7.81. The fraction of sp³-hybridized carbons (Fsp3) is 0.353. The molecule has 3 rings (SSSR count). The Balaban J connectivity index is 1.87.